The molecule has 3 heterocycles. The fourth-order valence-corrected chi connectivity index (χ4v) is 1.82. The maximum absolute atomic E-state index is 11.0. The van der Waals surface area contributed by atoms with Gasteiger partial charge in [-0.05, 0) is 12.1 Å². The summed E-state index contributed by atoms with van der Waals surface area (Å²) >= 11 is 0. The van der Waals surface area contributed by atoms with E-state index < -0.39 is 5.97 Å². The Morgan fingerprint density at radius 1 is 1.41 bits per heavy atom. The van der Waals surface area contributed by atoms with E-state index in [0.717, 1.165) is 10.9 Å². The number of H-pyrrole nitrogens is 2. The molecular weight excluding hydrogens is 220 g/mol. The van der Waals surface area contributed by atoms with Crippen LogP contribution >= 0.6 is 0 Å². The Balaban J connectivity index is 2.28. The number of fused-ring (bicyclic) bond motifs is 1. The quantitative estimate of drug-likeness (QED) is 0.621. The monoisotopic (exact) mass is 228 g/mol. The third-order valence-corrected chi connectivity index (χ3v) is 2.59. The van der Waals surface area contributed by atoms with Gasteiger partial charge in [0.2, 0.25) is 0 Å². The van der Waals surface area contributed by atoms with Gasteiger partial charge >= 0.3 is 5.97 Å². The van der Waals surface area contributed by atoms with Crippen molar-refractivity contribution in [1.82, 2.24) is 20.2 Å². The first-order chi connectivity index (χ1) is 8.27. The molecule has 84 valence electrons. The molecule has 6 heteroatoms. The summed E-state index contributed by atoms with van der Waals surface area (Å²) in [5.74, 6) is -1.01. The molecule has 17 heavy (non-hydrogen) atoms. The Hall–Kier alpha value is -2.63. The fourth-order valence-electron chi connectivity index (χ4n) is 1.82. The number of nitrogens with one attached hydrogen (secondary N) is 2. The maximum atomic E-state index is 11.0. The van der Waals surface area contributed by atoms with Gasteiger partial charge in [0.1, 0.15) is 11.2 Å². The second kappa shape index (κ2) is 3.44. The highest BCUT2D eigenvalue weighted by atomic mass is 16.4. The number of hydrogen-bond donors (Lipinski definition) is 3. The molecule has 3 rings (SSSR count). The lowest BCUT2D eigenvalue weighted by molar-refractivity contribution is 0.0698. The molecular formula is C11H8N4O2. The molecule has 0 atom stereocenters. The number of hydrogen-bond acceptors (Lipinski definition) is 3. The zero-order valence-electron chi connectivity index (χ0n) is 8.64. The summed E-state index contributed by atoms with van der Waals surface area (Å²) in [5.41, 5.74) is 2.10. The molecule has 0 aliphatic heterocycles. The van der Waals surface area contributed by atoms with E-state index in [9.17, 15) is 4.79 Å². The minimum atomic E-state index is -1.01. The van der Waals surface area contributed by atoms with E-state index in [1.165, 1.54) is 6.20 Å². The van der Waals surface area contributed by atoms with Crippen molar-refractivity contribution < 1.29 is 9.90 Å². The van der Waals surface area contributed by atoms with Crippen molar-refractivity contribution in [3.8, 4) is 11.3 Å². The summed E-state index contributed by atoms with van der Waals surface area (Å²) in [5, 5.41) is 16.4. The number of pyridine rings is 1. The molecule has 0 aliphatic carbocycles. The molecule has 0 saturated carbocycles. The lowest BCUT2D eigenvalue weighted by Crippen LogP contribution is -1.96. The van der Waals surface area contributed by atoms with Crippen LogP contribution in [0.3, 0.4) is 0 Å². The van der Waals surface area contributed by atoms with E-state index in [1.807, 2.05) is 6.07 Å². The summed E-state index contributed by atoms with van der Waals surface area (Å²) in [6.07, 6.45) is 4.69. The molecule has 0 bridgehead atoms. The normalized spacial score (nSPS) is 10.8. The molecule has 0 unspecified atom stereocenters. The number of carboxylic acids is 1. The number of carboxylic acid groups (broad SMARTS) is 1. The molecule has 3 N–H and O–H groups in total. The second-order valence-corrected chi connectivity index (χ2v) is 3.57. The molecule has 3 aromatic rings. The fraction of sp³-hybridized carbons (Fsp3) is 0. The van der Waals surface area contributed by atoms with Crippen LogP contribution in [-0.4, -0.2) is 31.2 Å². The molecule has 0 aromatic carbocycles. The first-order valence-electron chi connectivity index (χ1n) is 4.96. The lowest BCUT2D eigenvalue weighted by Gasteiger charge is -1.97. The van der Waals surface area contributed by atoms with E-state index in [0.29, 0.717) is 11.3 Å². The molecule has 0 spiro atoms. The highest BCUT2D eigenvalue weighted by Gasteiger charge is 2.16. The Morgan fingerprint density at radius 2 is 2.29 bits per heavy atom. The van der Waals surface area contributed by atoms with Crippen LogP contribution in [0.1, 0.15) is 10.4 Å². The van der Waals surface area contributed by atoms with Crippen molar-refractivity contribution in [2.45, 2.75) is 0 Å². The predicted molar refractivity (Wildman–Crippen MR) is 60.6 cm³/mol. The molecule has 0 radical (unpaired) electrons. The topological polar surface area (TPSA) is 94.7 Å². The van der Waals surface area contributed by atoms with Crippen molar-refractivity contribution >= 4 is 17.0 Å². The van der Waals surface area contributed by atoms with Gasteiger partial charge in [-0.3, -0.25) is 5.10 Å². The minimum absolute atomic E-state index is 0.148. The van der Waals surface area contributed by atoms with Crippen molar-refractivity contribution in [2.24, 2.45) is 0 Å². The van der Waals surface area contributed by atoms with Crippen LogP contribution < -0.4 is 0 Å². The predicted octanol–water partition coefficient (Wildman–Crippen LogP) is 1.65. The number of nitrogens with zero attached hydrogens (tertiary/aromatic N) is 2. The van der Waals surface area contributed by atoms with Crippen molar-refractivity contribution in [3.05, 3.63) is 36.3 Å². The summed E-state index contributed by atoms with van der Waals surface area (Å²) < 4.78 is 0. The summed E-state index contributed by atoms with van der Waals surface area (Å²) in [4.78, 5) is 18.2. The third-order valence-electron chi connectivity index (χ3n) is 2.59. The van der Waals surface area contributed by atoms with Crippen LogP contribution in [0.15, 0.2) is 30.7 Å². The Labute approximate surface area is 95.3 Å². The van der Waals surface area contributed by atoms with Crippen molar-refractivity contribution in [1.29, 1.82) is 0 Å². The molecule has 0 fully saturated rings. The molecule has 0 aliphatic rings. The van der Waals surface area contributed by atoms with Crippen LogP contribution in [0.25, 0.3) is 22.3 Å². The van der Waals surface area contributed by atoms with Crippen molar-refractivity contribution in [3.63, 3.8) is 0 Å². The van der Waals surface area contributed by atoms with Gasteiger partial charge in [-0.15, -0.1) is 0 Å². The number of aromatic nitrogens is 4. The third kappa shape index (κ3) is 1.38. The van der Waals surface area contributed by atoms with E-state index in [4.69, 9.17) is 5.11 Å². The summed E-state index contributed by atoms with van der Waals surface area (Å²) in [7, 11) is 0. The Morgan fingerprint density at radius 3 is 3.12 bits per heavy atom. The molecule has 0 amide bonds. The maximum Gasteiger partial charge on any atom is 0.339 e. The van der Waals surface area contributed by atoms with E-state index >= 15 is 0 Å². The van der Waals surface area contributed by atoms with Gasteiger partial charge in [0.25, 0.3) is 0 Å². The van der Waals surface area contributed by atoms with Gasteiger partial charge in [0.05, 0.1) is 11.9 Å². The second-order valence-electron chi connectivity index (χ2n) is 3.57. The van der Waals surface area contributed by atoms with Gasteiger partial charge in [0, 0.05) is 23.3 Å². The zero-order chi connectivity index (χ0) is 11.8. The summed E-state index contributed by atoms with van der Waals surface area (Å²) in [6.45, 7) is 0. The number of aromatic amines is 2. The highest BCUT2D eigenvalue weighted by Crippen LogP contribution is 2.28. The average molecular weight is 228 g/mol. The van der Waals surface area contributed by atoms with Crippen LogP contribution in [0.2, 0.25) is 0 Å². The van der Waals surface area contributed by atoms with Gasteiger partial charge in [-0.2, -0.15) is 5.10 Å². The lowest BCUT2D eigenvalue weighted by atomic mass is 10.1. The van der Waals surface area contributed by atoms with E-state index in [-0.39, 0.29) is 5.56 Å². The number of rotatable bonds is 2. The van der Waals surface area contributed by atoms with Gasteiger partial charge in [0.15, 0.2) is 0 Å². The van der Waals surface area contributed by atoms with Gasteiger partial charge in [-0.25, -0.2) is 9.78 Å². The molecule has 6 nitrogen and oxygen atoms in total. The van der Waals surface area contributed by atoms with Crippen LogP contribution in [0.5, 0.6) is 0 Å². The first-order valence-corrected chi connectivity index (χ1v) is 4.96. The Bertz CT molecular complexity index is 698. The minimum Gasteiger partial charge on any atom is -0.478 e. The van der Waals surface area contributed by atoms with Crippen molar-refractivity contribution in [2.75, 3.05) is 0 Å². The SMILES string of the molecule is O=C(O)c1cn[nH]c1-c1c[nH]c2ncccc12. The van der Waals surface area contributed by atoms with E-state index in [2.05, 4.69) is 20.2 Å². The smallest absolute Gasteiger partial charge is 0.339 e. The van der Waals surface area contributed by atoms with E-state index in [1.54, 1.807) is 18.5 Å². The average Bonchev–Trinajstić information content (AvgIpc) is 2.94. The number of carbonyl (C=O) groups is 1. The highest BCUT2D eigenvalue weighted by molar-refractivity contribution is 6.00. The Kier molecular flexibility index (Phi) is 1.94. The van der Waals surface area contributed by atoms with Gasteiger partial charge in [-0.1, -0.05) is 0 Å². The first kappa shape index (κ1) is 9.59. The van der Waals surface area contributed by atoms with Crippen LogP contribution in [0.4, 0.5) is 0 Å². The molecule has 3 aromatic heterocycles. The largest absolute Gasteiger partial charge is 0.478 e. The number of aromatic carboxylic acids is 1. The standard InChI is InChI=1S/C11H8N4O2/c16-11(17)8-5-14-15-9(8)7-4-13-10-6(7)2-1-3-12-10/h1-5H,(H,12,13)(H,14,15)(H,16,17). The molecule has 0 saturated heterocycles. The van der Waals surface area contributed by atoms with Crippen LogP contribution in [-0.2, 0) is 0 Å². The van der Waals surface area contributed by atoms with Crippen LogP contribution in [0, 0.1) is 0 Å². The van der Waals surface area contributed by atoms with Gasteiger partial charge < -0.3 is 10.1 Å². The summed E-state index contributed by atoms with van der Waals surface area (Å²) in [6, 6.07) is 3.68. The zero-order valence-corrected chi connectivity index (χ0v) is 8.64.